The fraction of sp³-hybridized carbons (Fsp3) is 0.227. The number of hydrogen-bond acceptors (Lipinski definition) is 4. The molecule has 5 heteroatoms. The molecule has 3 rings (SSSR count). The molecule has 2 aromatic carbocycles. The van der Waals surface area contributed by atoms with Crippen LogP contribution >= 0.6 is 0 Å². The summed E-state index contributed by atoms with van der Waals surface area (Å²) in [6.45, 7) is 4.78. The van der Waals surface area contributed by atoms with Crippen molar-refractivity contribution < 1.29 is 4.79 Å². The van der Waals surface area contributed by atoms with Gasteiger partial charge in [-0.1, -0.05) is 48.0 Å². The summed E-state index contributed by atoms with van der Waals surface area (Å²) >= 11 is 0. The lowest BCUT2D eigenvalue weighted by molar-refractivity contribution is 0.102. The fourth-order valence-electron chi connectivity index (χ4n) is 2.87. The van der Waals surface area contributed by atoms with Gasteiger partial charge in [-0.05, 0) is 43.9 Å². The number of benzene rings is 2. The Bertz CT molecular complexity index is 909. The van der Waals surface area contributed by atoms with E-state index in [0.29, 0.717) is 11.5 Å². The van der Waals surface area contributed by atoms with Crippen LogP contribution in [0.25, 0.3) is 0 Å². The highest BCUT2D eigenvalue weighted by molar-refractivity contribution is 6.03. The van der Waals surface area contributed by atoms with Crippen LogP contribution in [0, 0.1) is 13.8 Å². The predicted molar refractivity (Wildman–Crippen MR) is 109 cm³/mol. The molecule has 0 aliphatic carbocycles. The number of nitrogens with zero attached hydrogens (tertiary/aromatic N) is 2. The zero-order valence-corrected chi connectivity index (χ0v) is 15.7. The Labute approximate surface area is 159 Å². The first kappa shape index (κ1) is 18.6. The summed E-state index contributed by atoms with van der Waals surface area (Å²) < 4.78 is 0. The standard InChI is InChI=1S/C22H24N4O/c1-16-10-11-19(17(2)13-16)26-22(27)20-14-21(25-15-24-20)23-12-6-9-18-7-4-3-5-8-18/h3-5,7-8,10-11,13-15H,6,9,12H2,1-2H3,(H,26,27)(H,23,24,25). The summed E-state index contributed by atoms with van der Waals surface area (Å²) in [7, 11) is 0. The average Bonchev–Trinajstić information content (AvgIpc) is 2.68. The summed E-state index contributed by atoms with van der Waals surface area (Å²) in [5.74, 6) is 0.417. The molecule has 0 aliphatic rings. The number of aryl methyl sites for hydroxylation is 3. The third-order valence-electron chi connectivity index (χ3n) is 4.32. The smallest absolute Gasteiger partial charge is 0.274 e. The van der Waals surface area contributed by atoms with Crippen LogP contribution in [0.4, 0.5) is 11.5 Å². The predicted octanol–water partition coefficient (Wildman–Crippen LogP) is 4.39. The zero-order valence-electron chi connectivity index (χ0n) is 15.7. The first-order chi connectivity index (χ1) is 13.1. The highest BCUT2D eigenvalue weighted by atomic mass is 16.1. The molecule has 138 valence electrons. The van der Waals surface area contributed by atoms with Crippen LogP contribution in [0.5, 0.6) is 0 Å². The minimum atomic E-state index is -0.239. The lowest BCUT2D eigenvalue weighted by Crippen LogP contribution is -2.15. The summed E-state index contributed by atoms with van der Waals surface area (Å²) in [4.78, 5) is 20.8. The summed E-state index contributed by atoms with van der Waals surface area (Å²) in [6, 6.07) is 18.0. The molecular weight excluding hydrogens is 336 g/mol. The maximum Gasteiger partial charge on any atom is 0.274 e. The fourth-order valence-corrected chi connectivity index (χ4v) is 2.87. The Hall–Kier alpha value is -3.21. The topological polar surface area (TPSA) is 66.9 Å². The van der Waals surface area contributed by atoms with E-state index in [9.17, 15) is 4.79 Å². The monoisotopic (exact) mass is 360 g/mol. The molecule has 0 saturated heterocycles. The Balaban J connectivity index is 1.55. The van der Waals surface area contributed by atoms with Crippen molar-refractivity contribution in [2.45, 2.75) is 26.7 Å². The highest BCUT2D eigenvalue weighted by Gasteiger charge is 2.10. The van der Waals surface area contributed by atoms with E-state index in [2.05, 4.69) is 32.7 Å². The number of nitrogens with one attached hydrogen (secondary N) is 2. The molecule has 5 nitrogen and oxygen atoms in total. The van der Waals surface area contributed by atoms with Gasteiger partial charge in [0.25, 0.3) is 5.91 Å². The van der Waals surface area contributed by atoms with Gasteiger partial charge in [-0.2, -0.15) is 0 Å². The van der Waals surface area contributed by atoms with E-state index in [1.165, 1.54) is 11.9 Å². The van der Waals surface area contributed by atoms with E-state index in [1.807, 2.05) is 50.2 Å². The first-order valence-electron chi connectivity index (χ1n) is 9.10. The van der Waals surface area contributed by atoms with Gasteiger partial charge in [-0.3, -0.25) is 4.79 Å². The van der Waals surface area contributed by atoms with Gasteiger partial charge in [0.1, 0.15) is 17.8 Å². The zero-order chi connectivity index (χ0) is 19.1. The molecule has 3 aromatic rings. The summed E-state index contributed by atoms with van der Waals surface area (Å²) in [5.41, 5.74) is 4.64. The Morgan fingerprint density at radius 3 is 2.59 bits per heavy atom. The molecule has 0 radical (unpaired) electrons. The van der Waals surface area contributed by atoms with Gasteiger partial charge >= 0.3 is 0 Å². The number of rotatable bonds is 7. The van der Waals surface area contributed by atoms with Crippen LogP contribution in [0.3, 0.4) is 0 Å². The minimum Gasteiger partial charge on any atom is -0.370 e. The maximum atomic E-state index is 12.5. The quantitative estimate of drug-likeness (QED) is 0.613. The number of aromatic nitrogens is 2. The van der Waals surface area contributed by atoms with Crippen LogP contribution in [0.2, 0.25) is 0 Å². The van der Waals surface area contributed by atoms with Crippen molar-refractivity contribution in [2.24, 2.45) is 0 Å². The SMILES string of the molecule is Cc1ccc(NC(=O)c2cc(NCCCc3ccccc3)ncn2)c(C)c1. The van der Waals surface area contributed by atoms with E-state index in [0.717, 1.165) is 36.2 Å². The lowest BCUT2D eigenvalue weighted by Gasteiger charge is -2.10. The Kier molecular flexibility index (Phi) is 6.15. The van der Waals surface area contributed by atoms with Crippen molar-refractivity contribution in [3.8, 4) is 0 Å². The van der Waals surface area contributed by atoms with Crippen molar-refractivity contribution in [2.75, 3.05) is 17.2 Å². The van der Waals surface area contributed by atoms with Gasteiger partial charge in [-0.25, -0.2) is 9.97 Å². The second-order valence-electron chi connectivity index (χ2n) is 6.58. The van der Waals surface area contributed by atoms with Crippen molar-refractivity contribution in [3.05, 3.63) is 83.3 Å². The number of carbonyl (C=O) groups is 1. The van der Waals surface area contributed by atoms with Crippen LogP contribution in [-0.2, 0) is 6.42 Å². The molecule has 2 N–H and O–H groups in total. The van der Waals surface area contributed by atoms with E-state index in [4.69, 9.17) is 0 Å². The third-order valence-corrected chi connectivity index (χ3v) is 4.32. The molecule has 27 heavy (non-hydrogen) atoms. The van der Waals surface area contributed by atoms with Gasteiger partial charge in [0, 0.05) is 18.3 Å². The van der Waals surface area contributed by atoms with Gasteiger partial charge < -0.3 is 10.6 Å². The molecule has 0 saturated carbocycles. The molecule has 0 aliphatic heterocycles. The van der Waals surface area contributed by atoms with E-state index >= 15 is 0 Å². The molecule has 0 atom stereocenters. The second-order valence-corrected chi connectivity index (χ2v) is 6.58. The molecule has 0 unspecified atom stereocenters. The van der Waals surface area contributed by atoms with Crippen molar-refractivity contribution >= 4 is 17.4 Å². The Morgan fingerprint density at radius 2 is 1.81 bits per heavy atom. The summed E-state index contributed by atoms with van der Waals surface area (Å²) in [6.07, 6.45) is 3.40. The van der Waals surface area contributed by atoms with Crippen LogP contribution in [-0.4, -0.2) is 22.4 Å². The normalized spacial score (nSPS) is 10.4. The minimum absolute atomic E-state index is 0.239. The van der Waals surface area contributed by atoms with Crippen LogP contribution < -0.4 is 10.6 Å². The highest BCUT2D eigenvalue weighted by Crippen LogP contribution is 2.17. The van der Waals surface area contributed by atoms with Crippen molar-refractivity contribution in [1.82, 2.24) is 9.97 Å². The van der Waals surface area contributed by atoms with E-state index in [-0.39, 0.29) is 5.91 Å². The van der Waals surface area contributed by atoms with Crippen molar-refractivity contribution in [3.63, 3.8) is 0 Å². The third kappa shape index (κ3) is 5.38. The molecule has 0 fully saturated rings. The first-order valence-corrected chi connectivity index (χ1v) is 9.10. The number of hydrogen-bond donors (Lipinski definition) is 2. The second kappa shape index (κ2) is 8.94. The van der Waals surface area contributed by atoms with Crippen LogP contribution in [0.15, 0.2) is 60.9 Å². The van der Waals surface area contributed by atoms with Crippen LogP contribution in [0.1, 0.15) is 33.6 Å². The molecule has 1 amide bonds. The molecular formula is C22H24N4O. The molecule has 0 spiro atoms. The Morgan fingerprint density at radius 1 is 1.00 bits per heavy atom. The molecule has 1 aromatic heterocycles. The summed E-state index contributed by atoms with van der Waals surface area (Å²) in [5, 5.41) is 6.17. The number of anilines is 2. The maximum absolute atomic E-state index is 12.5. The molecule has 0 bridgehead atoms. The van der Waals surface area contributed by atoms with E-state index in [1.54, 1.807) is 6.07 Å². The van der Waals surface area contributed by atoms with Crippen molar-refractivity contribution in [1.29, 1.82) is 0 Å². The largest absolute Gasteiger partial charge is 0.370 e. The number of amides is 1. The number of carbonyl (C=O) groups excluding carboxylic acids is 1. The molecule has 1 heterocycles. The average molecular weight is 360 g/mol. The van der Waals surface area contributed by atoms with Gasteiger partial charge in [0.05, 0.1) is 0 Å². The lowest BCUT2D eigenvalue weighted by atomic mass is 10.1. The van der Waals surface area contributed by atoms with E-state index < -0.39 is 0 Å². The van der Waals surface area contributed by atoms with Gasteiger partial charge in [0.2, 0.25) is 0 Å². The van der Waals surface area contributed by atoms with Gasteiger partial charge in [-0.15, -0.1) is 0 Å². The van der Waals surface area contributed by atoms with Gasteiger partial charge in [0.15, 0.2) is 0 Å².